The van der Waals surface area contributed by atoms with Crippen molar-refractivity contribution in [1.82, 2.24) is 10.5 Å². The minimum atomic E-state index is -0.768. The Hall–Kier alpha value is -1.36. The number of hydrogen-bond acceptors (Lipinski definition) is 4. The molecule has 5 heteroatoms. The molecular weight excluding hydrogens is 184 g/mol. The van der Waals surface area contributed by atoms with Crippen LogP contribution >= 0.6 is 0 Å². The monoisotopic (exact) mass is 194 g/mol. The highest BCUT2D eigenvalue weighted by Crippen LogP contribution is 2.42. The summed E-state index contributed by atoms with van der Waals surface area (Å²) >= 11 is 0. The van der Waals surface area contributed by atoms with E-state index in [1.807, 2.05) is 0 Å². The second-order valence-electron chi connectivity index (χ2n) is 3.90. The molecule has 0 amide bonds. The minimum absolute atomic E-state index is 0.143. The Balaban J connectivity index is 1.94. The molecule has 5 nitrogen and oxygen atoms in total. The van der Waals surface area contributed by atoms with Crippen molar-refractivity contribution in [1.29, 1.82) is 0 Å². The standard InChI is InChI=1S/C9H10N2O3/c12-9(13)8-4-1-7-6(3-11-14-7)5(4)2-10-8/h3-5,8,10H,1-2H2,(H,12,13). The first-order valence-electron chi connectivity index (χ1n) is 4.67. The molecule has 1 aliphatic heterocycles. The zero-order chi connectivity index (χ0) is 9.71. The molecule has 0 radical (unpaired) electrons. The van der Waals surface area contributed by atoms with E-state index in [9.17, 15) is 4.79 Å². The van der Waals surface area contributed by atoms with Crippen LogP contribution in [-0.2, 0) is 11.2 Å². The molecule has 3 atom stereocenters. The molecule has 2 N–H and O–H groups in total. The van der Waals surface area contributed by atoms with Gasteiger partial charge in [-0.05, 0) is 0 Å². The van der Waals surface area contributed by atoms with Crippen LogP contribution in [0.3, 0.4) is 0 Å². The Bertz CT molecular complexity index is 387. The summed E-state index contributed by atoms with van der Waals surface area (Å²) in [5.74, 6) is 0.518. The molecule has 2 aliphatic rings. The minimum Gasteiger partial charge on any atom is -0.480 e. The topological polar surface area (TPSA) is 75.4 Å². The van der Waals surface area contributed by atoms with Gasteiger partial charge in [-0.1, -0.05) is 5.16 Å². The van der Waals surface area contributed by atoms with Gasteiger partial charge < -0.3 is 14.9 Å². The smallest absolute Gasteiger partial charge is 0.321 e. The average molecular weight is 194 g/mol. The van der Waals surface area contributed by atoms with E-state index in [2.05, 4.69) is 10.5 Å². The lowest BCUT2D eigenvalue weighted by atomic mass is 9.92. The van der Waals surface area contributed by atoms with Crippen LogP contribution in [0.5, 0.6) is 0 Å². The average Bonchev–Trinajstić information content (AvgIpc) is 2.70. The van der Waals surface area contributed by atoms with Gasteiger partial charge in [-0.2, -0.15) is 0 Å². The first-order chi connectivity index (χ1) is 6.77. The van der Waals surface area contributed by atoms with Gasteiger partial charge in [-0.15, -0.1) is 0 Å². The van der Waals surface area contributed by atoms with Crippen LogP contribution in [0.1, 0.15) is 17.2 Å². The summed E-state index contributed by atoms with van der Waals surface area (Å²) in [6.45, 7) is 0.718. The Kier molecular flexibility index (Phi) is 1.47. The fourth-order valence-electron chi connectivity index (χ4n) is 2.60. The Labute approximate surface area is 80.1 Å². The van der Waals surface area contributed by atoms with Crippen molar-refractivity contribution in [2.24, 2.45) is 5.92 Å². The largest absolute Gasteiger partial charge is 0.480 e. The fraction of sp³-hybridized carbons (Fsp3) is 0.556. The van der Waals surface area contributed by atoms with Gasteiger partial charge in [0, 0.05) is 30.4 Å². The Morgan fingerprint density at radius 3 is 3.36 bits per heavy atom. The maximum absolute atomic E-state index is 10.9. The van der Waals surface area contributed by atoms with Gasteiger partial charge in [0.05, 0.1) is 6.20 Å². The van der Waals surface area contributed by atoms with Crippen LogP contribution in [0.2, 0.25) is 0 Å². The van der Waals surface area contributed by atoms with Crippen molar-refractivity contribution in [3.05, 3.63) is 17.5 Å². The summed E-state index contributed by atoms with van der Waals surface area (Å²) in [5, 5.41) is 15.7. The van der Waals surface area contributed by atoms with E-state index in [1.165, 1.54) is 0 Å². The number of aliphatic carboxylic acids is 1. The summed E-state index contributed by atoms with van der Waals surface area (Å²) in [5.41, 5.74) is 1.09. The molecule has 0 spiro atoms. The van der Waals surface area contributed by atoms with Gasteiger partial charge in [-0.25, -0.2) is 0 Å². The Morgan fingerprint density at radius 1 is 1.71 bits per heavy atom. The Morgan fingerprint density at radius 2 is 2.57 bits per heavy atom. The zero-order valence-electron chi connectivity index (χ0n) is 7.43. The van der Waals surface area contributed by atoms with Crippen LogP contribution in [-0.4, -0.2) is 28.8 Å². The number of aromatic nitrogens is 1. The van der Waals surface area contributed by atoms with Gasteiger partial charge in [0.25, 0.3) is 0 Å². The van der Waals surface area contributed by atoms with E-state index in [-0.39, 0.29) is 11.8 Å². The van der Waals surface area contributed by atoms with Crippen molar-refractivity contribution in [3.63, 3.8) is 0 Å². The van der Waals surface area contributed by atoms with Crippen LogP contribution in [0.4, 0.5) is 0 Å². The lowest BCUT2D eigenvalue weighted by Crippen LogP contribution is -2.35. The summed E-state index contributed by atoms with van der Waals surface area (Å²) < 4.78 is 5.07. The number of nitrogens with zero attached hydrogens (tertiary/aromatic N) is 1. The van der Waals surface area contributed by atoms with Crippen LogP contribution in [0.15, 0.2) is 10.7 Å². The molecule has 0 saturated carbocycles. The van der Waals surface area contributed by atoms with Gasteiger partial charge >= 0.3 is 5.97 Å². The predicted molar refractivity (Wildman–Crippen MR) is 45.9 cm³/mol. The number of fused-ring (bicyclic) bond motifs is 3. The number of carboxylic acids is 1. The molecule has 74 valence electrons. The number of hydrogen-bond donors (Lipinski definition) is 2. The molecule has 1 aromatic rings. The van der Waals surface area contributed by atoms with Crippen molar-refractivity contribution in [2.45, 2.75) is 18.4 Å². The molecule has 1 saturated heterocycles. The quantitative estimate of drug-likeness (QED) is 0.657. The molecule has 1 aromatic heterocycles. The molecule has 3 unspecified atom stereocenters. The molecule has 3 rings (SSSR count). The van der Waals surface area contributed by atoms with Crippen LogP contribution in [0, 0.1) is 5.92 Å². The van der Waals surface area contributed by atoms with Crippen molar-refractivity contribution >= 4 is 5.97 Å². The second kappa shape index (κ2) is 2.57. The molecule has 0 aromatic carbocycles. The van der Waals surface area contributed by atoms with Gasteiger partial charge in [-0.3, -0.25) is 4.79 Å². The summed E-state index contributed by atoms with van der Waals surface area (Å²) in [4.78, 5) is 10.9. The lowest BCUT2D eigenvalue weighted by molar-refractivity contribution is -0.140. The molecule has 1 fully saturated rings. The normalized spacial score (nSPS) is 34.1. The molecule has 0 bridgehead atoms. The number of carboxylic acid groups (broad SMARTS) is 1. The molecule has 14 heavy (non-hydrogen) atoms. The van der Waals surface area contributed by atoms with Crippen molar-refractivity contribution in [2.75, 3.05) is 6.54 Å². The van der Waals surface area contributed by atoms with Gasteiger partial charge in [0.1, 0.15) is 11.8 Å². The summed E-state index contributed by atoms with van der Waals surface area (Å²) in [7, 11) is 0. The zero-order valence-corrected chi connectivity index (χ0v) is 7.43. The third-order valence-electron chi connectivity index (χ3n) is 3.27. The van der Waals surface area contributed by atoms with Gasteiger partial charge in [0.15, 0.2) is 0 Å². The highest BCUT2D eigenvalue weighted by molar-refractivity contribution is 5.75. The maximum Gasteiger partial charge on any atom is 0.321 e. The summed E-state index contributed by atoms with van der Waals surface area (Å²) in [6.07, 6.45) is 2.41. The van der Waals surface area contributed by atoms with E-state index >= 15 is 0 Å². The molecular formula is C9H10N2O3. The second-order valence-corrected chi connectivity index (χ2v) is 3.90. The highest BCUT2D eigenvalue weighted by atomic mass is 16.5. The van der Waals surface area contributed by atoms with E-state index in [0.717, 1.165) is 17.9 Å². The highest BCUT2D eigenvalue weighted by Gasteiger charge is 2.47. The van der Waals surface area contributed by atoms with Crippen LogP contribution in [0.25, 0.3) is 0 Å². The van der Waals surface area contributed by atoms with Crippen molar-refractivity contribution < 1.29 is 14.4 Å². The fourth-order valence-corrected chi connectivity index (χ4v) is 2.60. The van der Waals surface area contributed by atoms with E-state index < -0.39 is 12.0 Å². The first kappa shape index (κ1) is 7.99. The van der Waals surface area contributed by atoms with E-state index in [4.69, 9.17) is 9.63 Å². The number of nitrogens with one attached hydrogen (secondary N) is 1. The predicted octanol–water partition coefficient (Wildman–Crippen LogP) is -0.0131. The lowest BCUT2D eigenvalue weighted by Gasteiger charge is -2.12. The molecule has 2 heterocycles. The third kappa shape index (κ3) is 0.874. The third-order valence-corrected chi connectivity index (χ3v) is 3.27. The van der Waals surface area contributed by atoms with E-state index in [0.29, 0.717) is 6.42 Å². The number of rotatable bonds is 1. The molecule has 1 aliphatic carbocycles. The van der Waals surface area contributed by atoms with Crippen molar-refractivity contribution in [3.8, 4) is 0 Å². The van der Waals surface area contributed by atoms with Gasteiger partial charge in [0.2, 0.25) is 0 Å². The van der Waals surface area contributed by atoms with E-state index in [1.54, 1.807) is 6.20 Å². The SMILES string of the molecule is O=C(O)C1NCC2c3cnoc3CC12. The first-order valence-corrected chi connectivity index (χ1v) is 4.67. The van der Waals surface area contributed by atoms with Crippen LogP contribution < -0.4 is 5.32 Å². The summed E-state index contributed by atoms with van der Waals surface area (Å²) in [6, 6.07) is -0.428. The maximum atomic E-state index is 10.9. The number of carbonyl (C=O) groups is 1.